The predicted octanol–water partition coefficient (Wildman–Crippen LogP) is 4.23. The molecule has 1 aliphatic carbocycles. The average molecular weight is 506 g/mol. The fourth-order valence-electron chi connectivity index (χ4n) is 4.78. The zero-order chi connectivity index (χ0) is 24.6. The van der Waals surface area contributed by atoms with E-state index in [-0.39, 0.29) is 49.0 Å². The second-order valence-corrected chi connectivity index (χ2v) is 9.55. The molecule has 1 unspecified atom stereocenters. The van der Waals surface area contributed by atoms with Gasteiger partial charge in [-0.1, -0.05) is 30.9 Å². The molecule has 1 saturated carbocycles. The van der Waals surface area contributed by atoms with E-state index in [0.29, 0.717) is 48.8 Å². The summed E-state index contributed by atoms with van der Waals surface area (Å²) in [7, 11) is 0. The van der Waals surface area contributed by atoms with Crippen molar-refractivity contribution in [1.29, 1.82) is 0 Å². The number of morpholine rings is 1. The van der Waals surface area contributed by atoms with Crippen LogP contribution in [-0.2, 0) is 14.3 Å². The Kier molecular flexibility index (Phi) is 8.98. The molecule has 190 valence electrons. The Morgan fingerprint density at radius 3 is 2.71 bits per heavy atom. The summed E-state index contributed by atoms with van der Waals surface area (Å²) in [6.45, 7) is 2.61. The van der Waals surface area contributed by atoms with Crippen LogP contribution in [0.5, 0.6) is 0 Å². The van der Waals surface area contributed by atoms with Crippen LogP contribution in [0.1, 0.15) is 55.6 Å². The van der Waals surface area contributed by atoms with Crippen LogP contribution in [0.3, 0.4) is 0 Å². The van der Waals surface area contributed by atoms with E-state index in [1.165, 1.54) is 6.42 Å². The number of hydrogen-bond acceptors (Lipinski definition) is 7. The summed E-state index contributed by atoms with van der Waals surface area (Å²) in [6, 6.07) is 4.97. The van der Waals surface area contributed by atoms with Gasteiger partial charge in [0.05, 0.1) is 25.7 Å². The number of carbonyl (C=O) groups is 3. The Bertz CT molecular complexity index is 1030. The molecule has 2 fully saturated rings. The van der Waals surface area contributed by atoms with Crippen molar-refractivity contribution in [2.75, 3.05) is 39.5 Å². The van der Waals surface area contributed by atoms with Gasteiger partial charge in [0.2, 0.25) is 11.7 Å². The molecule has 0 radical (unpaired) electrons. The van der Waals surface area contributed by atoms with Crippen molar-refractivity contribution < 1.29 is 28.3 Å². The molecular formula is C25H32ClN3O6. The number of fused-ring (bicyclic) bond motifs is 1. The van der Waals surface area contributed by atoms with Crippen LogP contribution in [0.2, 0.25) is 5.02 Å². The quantitative estimate of drug-likeness (QED) is 0.401. The number of halogens is 1. The molecule has 2 aliphatic rings. The molecule has 1 aromatic heterocycles. The third-order valence-electron chi connectivity index (χ3n) is 6.69. The van der Waals surface area contributed by atoms with Gasteiger partial charge >= 0.3 is 6.09 Å². The fourth-order valence-corrected chi connectivity index (χ4v) is 4.95. The minimum absolute atomic E-state index is 0.0173. The number of benzene rings is 1. The van der Waals surface area contributed by atoms with Gasteiger partial charge in [-0.05, 0) is 43.4 Å². The lowest BCUT2D eigenvalue weighted by atomic mass is 9.79. The summed E-state index contributed by atoms with van der Waals surface area (Å²) in [5, 5.41) is 3.29. The molecule has 0 spiro atoms. The van der Waals surface area contributed by atoms with E-state index in [1.807, 2.05) is 4.90 Å². The first-order valence-electron chi connectivity index (χ1n) is 12.4. The molecule has 9 nitrogen and oxygen atoms in total. The Morgan fingerprint density at radius 2 is 1.94 bits per heavy atom. The number of nitrogens with one attached hydrogen (secondary N) is 1. The number of oxazole rings is 1. The highest BCUT2D eigenvalue weighted by molar-refractivity contribution is 6.31. The summed E-state index contributed by atoms with van der Waals surface area (Å²) < 4.78 is 16.1. The number of aromatic nitrogens is 1. The fraction of sp³-hybridized carbons (Fsp3) is 0.600. The van der Waals surface area contributed by atoms with Crippen molar-refractivity contribution >= 4 is 40.5 Å². The van der Waals surface area contributed by atoms with Crippen molar-refractivity contribution in [3.05, 3.63) is 29.1 Å². The van der Waals surface area contributed by atoms with Crippen LogP contribution in [0.25, 0.3) is 11.1 Å². The van der Waals surface area contributed by atoms with Gasteiger partial charge in [0.25, 0.3) is 5.89 Å². The Labute approximate surface area is 209 Å². The van der Waals surface area contributed by atoms with Crippen LogP contribution in [-0.4, -0.2) is 67.1 Å². The normalized spacial score (nSPS) is 17.8. The second kappa shape index (κ2) is 12.4. The van der Waals surface area contributed by atoms with Crippen LogP contribution in [0.15, 0.2) is 22.6 Å². The van der Waals surface area contributed by atoms with Crippen molar-refractivity contribution in [2.24, 2.45) is 11.8 Å². The van der Waals surface area contributed by atoms with Gasteiger partial charge < -0.3 is 24.1 Å². The highest BCUT2D eigenvalue weighted by Crippen LogP contribution is 2.31. The number of nitrogens with zero attached hydrogens (tertiary/aromatic N) is 2. The maximum atomic E-state index is 13.2. The molecule has 1 atom stereocenters. The molecule has 35 heavy (non-hydrogen) atoms. The van der Waals surface area contributed by atoms with Crippen LogP contribution in [0, 0.1) is 11.8 Å². The van der Waals surface area contributed by atoms with Crippen LogP contribution < -0.4 is 5.32 Å². The van der Waals surface area contributed by atoms with Gasteiger partial charge in [-0.15, -0.1) is 0 Å². The van der Waals surface area contributed by atoms with E-state index in [0.717, 1.165) is 25.7 Å². The number of amides is 2. The average Bonchev–Trinajstić information content (AvgIpc) is 3.31. The molecule has 1 N–H and O–H groups in total. The highest BCUT2D eigenvalue weighted by atomic mass is 35.5. The van der Waals surface area contributed by atoms with Crippen molar-refractivity contribution in [2.45, 2.75) is 44.9 Å². The molecule has 0 bridgehead atoms. The first-order chi connectivity index (χ1) is 17.0. The number of carbonyl (C=O) groups excluding carboxylic acids is 3. The standard InChI is InChI=1S/C25H32ClN3O6/c26-18-8-9-22-20(15-18)28-23(35-22)21(30)7-4-12-34-25(32)27-16-19(17-5-2-1-3-6-17)24(31)29-10-13-33-14-11-29/h8-9,15,17,19H,1-7,10-14,16H2,(H,27,32). The molecular weight excluding hydrogens is 474 g/mol. The minimum Gasteiger partial charge on any atom is -0.450 e. The summed E-state index contributed by atoms with van der Waals surface area (Å²) in [4.78, 5) is 43.9. The van der Waals surface area contributed by atoms with E-state index in [4.69, 9.17) is 25.5 Å². The lowest BCUT2D eigenvalue weighted by Gasteiger charge is -2.35. The van der Waals surface area contributed by atoms with E-state index >= 15 is 0 Å². The SMILES string of the molecule is O=C(NCC(C(=O)N1CCOCC1)C1CCCCC1)OCCCC(=O)c1nc2cc(Cl)ccc2o1. The molecule has 10 heteroatoms. The van der Waals surface area contributed by atoms with Gasteiger partial charge in [-0.25, -0.2) is 9.78 Å². The zero-order valence-corrected chi connectivity index (χ0v) is 20.6. The van der Waals surface area contributed by atoms with Gasteiger partial charge in [-0.3, -0.25) is 9.59 Å². The summed E-state index contributed by atoms with van der Waals surface area (Å²) >= 11 is 5.94. The van der Waals surface area contributed by atoms with E-state index in [2.05, 4.69) is 10.3 Å². The molecule has 2 aromatic rings. The zero-order valence-electron chi connectivity index (χ0n) is 19.8. The Balaban J connectivity index is 1.21. The van der Waals surface area contributed by atoms with Gasteiger partial charge in [0.1, 0.15) is 5.52 Å². The summed E-state index contributed by atoms with van der Waals surface area (Å²) in [5.41, 5.74) is 1.02. The second-order valence-electron chi connectivity index (χ2n) is 9.12. The monoisotopic (exact) mass is 505 g/mol. The summed E-state index contributed by atoms with van der Waals surface area (Å²) in [5.74, 6) is -0.150. The number of hydrogen-bond donors (Lipinski definition) is 1. The minimum atomic E-state index is -0.579. The molecule has 1 aliphatic heterocycles. The maximum Gasteiger partial charge on any atom is 0.407 e. The smallest absolute Gasteiger partial charge is 0.407 e. The molecule has 2 amide bonds. The predicted molar refractivity (Wildman–Crippen MR) is 129 cm³/mol. The van der Waals surface area contributed by atoms with E-state index in [9.17, 15) is 14.4 Å². The number of Topliss-reactive ketones (excluding diaryl/α,β-unsaturated/α-hetero) is 1. The van der Waals surface area contributed by atoms with E-state index in [1.54, 1.807) is 18.2 Å². The topological polar surface area (TPSA) is 111 Å². The first-order valence-corrected chi connectivity index (χ1v) is 12.8. The molecule has 1 saturated heterocycles. The van der Waals surface area contributed by atoms with Gasteiger partial charge in [0.15, 0.2) is 5.58 Å². The molecule has 1 aromatic carbocycles. The molecule has 4 rings (SSSR count). The number of ether oxygens (including phenoxy) is 2. The maximum absolute atomic E-state index is 13.2. The number of alkyl carbamates (subject to hydrolysis) is 1. The van der Waals surface area contributed by atoms with Crippen LogP contribution >= 0.6 is 11.6 Å². The van der Waals surface area contributed by atoms with E-state index < -0.39 is 6.09 Å². The Morgan fingerprint density at radius 1 is 1.17 bits per heavy atom. The third kappa shape index (κ3) is 6.95. The Hall–Kier alpha value is -2.65. The van der Waals surface area contributed by atoms with Crippen LogP contribution in [0.4, 0.5) is 4.79 Å². The lowest BCUT2D eigenvalue weighted by molar-refractivity contribution is -0.141. The third-order valence-corrected chi connectivity index (χ3v) is 6.93. The molecule has 2 heterocycles. The van der Waals surface area contributed by atoms with Gasteiger partial charge in [-0.2, -0.15) is 0 Å². The van der Waals surface area contributed by atoms with Crippen molar-refractivity contribution in [3.63, 3.8) is 0 Å². The lowest BCUT2D eigenvalue weighted by Crippen LogP contribution is -2.49. The first kappa shape index (κ1) is 25.4. The van der Waals surface area contributed by atoms with Gasteiger partial charge in [0, 0.05) is 31.1 Å². The van der Waals surface area contributed by atoms with Crippen molar-refractivity contribution in [3.8, 4) is 0 Å². The van der Waals surface area contributed by atoms with Crippen molar-refractivity contribution in [1.82, 2.24) is 15.2 Å². The largest absolute Gasteiger partial charge is 0.450 e. The number of rotatable bonds is 9. The highest BCUT2D eigenvalue weighted by Gasteiger charge is 2.33. The number of ketones is 1. The summed E-state index contributed by atoms with van der Waals surface area (Å²) in [6.07, 6.45) is 5.32.